The summed E-state index contributed by atoms with van der Waals surface area (Å²) in [4.78, 5) is 4.94. The molecule has 6 nitrogen and oxygen atoms in total. The van der Waals surface area contributed by atoms with Crippen LogP contribution in [-0.2, 0) is 18.3 Å². The molecule has 2 fully saturated rings. The molecular formula is C16H29N5O. The van der Waals surface area contributed by atoms with Gasteiger partial charge in [0.15, 0.2) is 0 Å². The minimum atomic E-state index is 0.612. The highest BCUT2D eigenvalue weighted by Crippen LogP contribution is 2.28. The lowest BCUT2D eigenvalue weighted by atomic mass is 10.2. The van der Waals surface area contributed by atoms with Crippen LogP contribution in [0.2, 0.25) is 0 Å². The van der Waals surface area contributed by atoms with E-state index in [1.54, 1.807) is 0 Å². The van der Waals surface area contributed by atoms with Crippen LogP contribution in [0.1, 0.15) is 30.9 Å². The van der Waals surface area contributed by atoms with Crippen molar-refractivity contribution in [2.24, 2.45) is 13.0 Å². The Balaban J connectivity index is 1.38. The summed E-state index contributed by atoms with van der Waals surface area (Å²) in [5.74, 6) is 2.89. The van der Waals surface area contributed by atoms with Gasteiger partial charge in [0.25, 0.3) is 0 Å². The minimum Gasteiger partial charge on any atom is -0.380 e. The van der Waals surface area contributed by atoms with Gasteiger partial charge in [0.05, 0.1) is 13.2 Å². The van der Waals surface area contributed by atoms with Crippen LogP contribution in [0.5, 0.6) is 0 Å². The molecule has 22 heavy (non-hydrogen) atoms. The number of likely N-dealkylation sites (tertiary alicyclic amines) is 1. The zero-order valence-electron chi connectivity index (χ0n) is 14.2. The first kappa shape index (κ1) is 15.9. The smallest absolute Gasteiger partial charge is 0.146 e. The number of aromatic nitrogens is 3. The summed E-state index contributed by atoms with van der Waals surface area (Å²) in [6.45, 7) is 8.11. The molecule has 2 heterocycles. The molecule has 0 bridgehead atoms. The molecule has 0 aromatic carbocycles. The van der Waals surface area contributed by atoms with Crippen LogP contribution in [0.25, 0.3) is 0 Å². The van der Waals surface area contributed by atoms with Gasteiger partial charge >= 0.3 is 0 Å². The lowest BCUT2D eigenvalue weighted by Crippen LogP contribution is -2.35. The summed E-state index contributed by atoms with van der Waals surface area (Å²) in [5.41, 5.74) is 0. The van der Waals surface area contributed by atoms with E-state index in [0.717, 1.165) is 50.4 Å². The van der Waals surface area contributed by atoms with Crippen molar-refractivity contribution in [1.29, 1.82) is 0 Å². The van der Waals surface area contributed by atoms with Gasteiger partial charge in [0, 0.05) is 32.8 Å². The standard InChI is InChI=1S/C16H29N5O/c1-13-17-18-16(20(13)3)11-19(2)15-6-7-21(10-15)8-9-22-12-14-4-5-14/h14-15H,4-12H2,1-3H3/t15-/m1/s1. The summed E-state index contributed by atoms with van der Waals surface area (Å²) in [7, 11) is 4.23. The number of rotatable bonds is 8. The maximum atomic E-state index is 5.75. The molecule has 0 radical (unpaired) electrons. The van der Waals surface area contributed by atoms with Crippen molar-refractivity contribution in [2.45, 2.75) is 38.8 Å². The monoisotopic (exact) mass is 307 g/mol. The van der Waals surface area contributed by atoms with Crippen LogP contribution in [0.15, 0.2) is 0 Å². The fraction of sp³-hybridized carbons (Fsp3) is 0.875. The van der Waals surface area contributed by atoms with Crippen molar-refractivity contribution in [3.05, 3.63) is 11.6 Å². The van der Waals surface area contributed by atoms with Crippen molar-refractivity contribution < 1.29 is 4.74 Å². The number of hydrogen-bond donors (Lipinski definition) is 0. The Kier molecular flexibility index (Phi) is 5.10. The highest BCUT2D eigenvalue weighted by atomic mass is 16.5. The second-order valence-corrected chi connectivity index (χ2v) is 6.90. The third kappa shape index (κ3) is 4.06. The Bertz CT molecular complexity index is 485. The van der Waals surface area contributed by atoms with E-state index >= 15 is 0 Å². The first-order chi connectivity index (χ1) is 10.6. The second kappa shape index (κ2) is 7.06. The molecule has 0 amide bonds. The molecule has 0 spiro atoms. The van der Waals surface area contributed by atoms with Crippen LogP contribution in [0.4, 0.5) is 0 Å². The Morgan fingerprint density at radius 1 is 1.27 bits per heavy atom. The molecule has 1 atom stereocenters. The van der Waals surface area contributed by atoms with E-state index in [9.17, 15) is 0 Å². The SMILES string of the molecule is Cc1nnc(CN(C)[C@@H]2CCN(CCOCC3CC3)C2)n1C. The zero-order valence-corrected chi connectivity index (χ0v) is 14.2. The minimum absolute atomic E-state index is 0.612. The molecule has 1 aromatic heterocycles. The summed E-state index contributed by atoms with van der Waals surface area (Å²) < 4.78 is 7.83. The predicted octanol–water partition coefficient (Wildman–Crippen LogP) is 1.06. The number of aryl methyl sites for hydroxylation is 1. The fourth-order valence-electron chi connectivity index (χ4n) is 3.04. The second-order valence-electron chi connectivity index (χ2n) is 6.90. The van der Waals surface area contributed by atoms with Crippen molar-refractivity contribution in [2.75, 3.05) is 39.9 Å². The van der Waals surface area contributed by atoms with Gasteiger partial charge in [-0.15, -0.1) is 10.2 Å². The first-order valence-corrected chi connectivity index (χ1v) is 8.48. The average Bonchev–Trinajstić information content (AvgIpc) is 3.13. The molecule has 0 N–H and O–H groups in total. The summed E-state index contributed by atoms with van der Waals surface area (Å²) in [6.07, 6.45) is 3.98. The topological polar surface area (TPSA) is 46.4 Å². The van der Waals surface area contributed by atoms with E-state index < -0.39 is 0 Å². The van der Waals surface area contributed by atoms with E-state index in [0.29, 0.717) is 6.04 Å². The molecule has 1 saturated carbocycles. The Hall–Kier alpha value is -0.980. The number of likely N-dealkylation sites (N-methyl/N-ethyl adjacent to an activating group) is 1. The largest absolute Gasteiger partial charge is 0.380 e. The number of nitrogens with zero attached hydrogens (tertiary/aromatic N) is 5. The molecular weight excluding hydrogens is 278 g/mol. The molecule has 1 aliphatic carbocycles. The Labute approximate surface area is 133 Å². The lowest BCUT2D eigenvalue weighted by Gasteiger charge is -2.24. The fourth-order valence-corrected chi connectivity index (χ4v) is 3.04. The van der Waals surface area contributed by atoms with Gasteiger partial charge in [-0.05, 0) is 45.7 Å². The predicted molar refractivity (Wildman–Crippen MR) is 85.6 cm³/mol. The highest BCUT2D eigenvalue weighted by Gasteiger charge is 2.26. The van der Waals surface area contributed by atoms with Crippen LogP contribution in [0, 0.1) is 12.8 Å². The molecule has 6 heteroatoms. The highest BCUT2D eigenvalue weighted by molar-refractivity contribution is 4.94. The molecule has 1 aromatic rings. The quantitative estimate of drug-likeness (QED) is 0.672. The van der Waals surface area contributed by atoms with Crippen LogP contribution >= 0.6 is 0 Å². The summed E-state index contributed by atoms with van der Waals surface area (Å²) >= 11 is 0. The number of ether oxygens (including phenoxy) is 1. The van der Waals surface area contributed by atoms with Gasteiger partial charge in [-0.1, -0.05) is 0 Å². The van der Waals surface area contributed by atoms with Gasteiger partial charge in [-0.25, -0.2) is 0 Å². The van der Waals surface area contributed by atoms with Crippen molar-refractivity contribution in [3.63, 3.8) is 0 Å². The average molecular weight is 307 g/mol. The van der Waals surface area contributed by atoms with Crippen molar-refractivity contribution in [3.8, 4) is 0 Å². The molecule has 3 rings (SSSR count). The lowest BCUT2D eigenvalue weighted by molar-refractivity contribution is 0.100. The molecule has 0 unspecified atom stereocenters. The third-order valence-electron chi connectivity index (χ3n) is 5.05. The normalized spacial score (nSPS) is 22.8. The van der Waals surface area contributed by atoms with E-state index in [4.69, 9.17) is 4.74 Å². The van der Waals surface area contributed by atoms with E-state index in [2.05, 4.69) is 31.6 Å². The molecule has 1 aliphatic heterocycles. The van der Waals surface area contributed by atoms with Crippen molar-refractivity contribution in [1.82, 2.24) is 24.6 Å². The number of hydrogen-bond acceptors (Lipinski definition) is 5. The molecule has 124 valence electrons. The first-order valence-electron chi connectivity index (χ1n) is 8.48. The summed E-state index contributed by atoms with van der Waals surface area (Å²) in [5, 5.41) is 8.41. The van der Waals surface area contributed by atoms with Crippen molar-refractivity contribution >= 4 is 0 Å². The van der Waals surface area contributed by atoms with Crippen LogP contribution < -0.4 is 0 Å². The van der Waals surface area contributed by atoms with Crippen LogP contribution in [-0.4, -0.2) is 70.5 Å². The van der Waals surface area contributed by atoms with Gasteiger partial charge in [-0.3, -0.25) is 9.80 Å². The van der Waals surface area contributed by atoms with Gasteiger partial charge in [-0.2, -0.15) is 0 Å². The van der Waals surface area contributed by atoms with Gasteiger partial charge in [0.2, 0.25) is 0 Å². The molecule has 1 saturated heterocycles. The Morgan fingerprint density at radius 3 is 2.77 bits per heavy atom. The Morgan fingerprint density at radius 2 is 2.09 bits per heavy atom. The van der Waals surface area contributed by atoms with E-state index in [1.165, 1.54) is 25.8 Å². The zero-order chi connectivity index (χ0) is 15.5. The maximum absolute atomic E-state index is 5.75. The third-order valence-corrected chi connectivity index (χ3v) is 5.05. The van der Waals surface area contributed by atoms with Gasteiger partial charge < -0.3 is 9.30 Å². The van der Waals surface area contributed by atoms with Gasteiger partial charge in [0.1, 0.15) is 11.6 Å². The maximum Gasteiger partial charge on any atom is 0.146 e. The van der Waals surface area contributed by atoms with E-state index in [1.807, 2.05) is 14.0 Å². The molecule has 2 aliphatic rings. The van der Waals surface area contributed by atoms with Crippen LogP contribution in [0.3, 0.4) is 0 Å². The summed E-state index contributed by atoms with van der Waals surface area (Å²) in [6, 6.07) is 0.612. The van der Waals surface area contributed by atoms with E-state index in [-0.39, 0.29) is 0 Å².